The highest BCUT2D eigenvalue weighted by atomic mass is 16.5. The van der Waals surface area contributed by atoms with Gasteiger partial charge < -0.3 is 19.7 Å². The van der Waals surface area contributed by atoms with Gasteiger partial charge in [-0.2, -0.15) is 0 Å². The van der Waals surface area contributed by atoms with Gasteiger partial charge in [0, 0.05) is 5.56 Å². The Bertz CT molecular complexity index is 534. The summed E-state index contributed by atoms with van der Waals surface area (Å²) in [4.78, 5) is 0. The molecule has 0 heterocycles. The molecule has 4 heteroatoms. The molecule has 0 aliphatic carbocycles. The first-order valence-corrected chi connectivity index (χ1v) is 5.91. The standard InChI is InChI=1S/C15H16O4/c1-18-14-6-7-15(12(8-14)9-16)19-10-11-2-4-13(17)5-3-11/h2-8,16-17H,9-10H2,1H3. The molecule has 0 unspecified atom stereocenters. The zero-order chi connectivity index (χ0) is 13.7. The molecule has 0 saturated carbocycles. The van der Waals surface area contributed by atoms with Crippen LogP contribution in [0.3, 0.4) is 0 Å². The van der Waals surface area contributed by atoms with Crippen molar-refractivity contribution in [1.29, 1.82) is 0 Å². The minimum absolute atomic E-state index is 0.109. The van der Waals surface area contributed by atoms with Crippen molar-refractivity contribution in [1.82, 2.24) is 0 Å². The molecule has 0 spiro atoms. The summed E-state index contributed by atoms with van der Waals surface area (Å²) in [6, 6.07) is 12.1. The minimum atomic E-state index is -0.109. The van der Waals surface area contributed by atoms with Gasteiger partial charge in [0.25, 0.3) is 0 Å². The normalized spacial score (nSPS) is 10.2. The molecule has 4 nitrogen and oxygen atoms in total. The van der Waals surface area contributed by atoms with Crippen molar-refractivity contribution < 1.29 is 19.7 Å². The predicted octanol–water partition coefficient (Wildman–Crippen LogP) is 2.47. The second-order valence-corrected chi connectivity index (χ2v) is 4.09. The highest BCUT2D eigenvalue weighted by Crippen LogP contribution is 2.25. The lowest BCUT2D eigenvalue weighted by atomic mass is 10.2. The van der Waals surface area contributed by atoms with Gasteiger partial charge in [0.15, 0.2) is 0 Å². The SMILES string of the molecule is COc1ccc(OCc2ccc(O)cc2)c(CO)c1. The average Bonchev–Trinajstić information content (AvgIpc) is 2.46. The van der Waals surface area contributed by atoms with E-state index in [-0.39, 0.29) is 12.4 Å². The molecule has 0 fully saturated rings. The Morgan fingerprint density at radius 2 is 1.79 bits per heavy atom. The van der Waals surface area contributed by atoms with Crippen molar-refractivity contribution in [3.63, 3.8) is 0 Å². The van der Waals surface area contributed by atoms with Crippen molar-refractivity contribution in [3.05, 3.63) is 53.6 Å². The van der Waals surface area contributed by atoms with E-state index in [0.29, 0.717) is 23.7 Å². The molecule has 0 saturated heterocycles. The van der Waals surface area contributed by atoms with Crippen LogP contribution in [0.2, 0.25) is 0 Å². The van der Waals surface area contributed by atoms with Gasteiger partial charge in [-0.05, 0) is 35.9 Å². The smallest absolute Gasteiger partial charge is 0.125 e. The Morgan fingerprint density at radius 1 is 1.05 bits per heavy atom. The van der Waals surface area contributed by atoms with Crippen molar-refractivity contribution in [2.24, 2.45) is 0 Å². The van der Waals surface area contributed by atoms with Crippen LogP contribution in [0.15, 0.2) is 42.5 Å². The third-order valence-corrected chi connectivity index (χ3v) is 2.77. The van der Waals surface area contributed by atoms with Crippen LogP contribution in [0.4, 0.5) is 0 Å². The monoisotopic (exact) mass is 260 g/mol. The molecule has 0 aromatic heterocycles. The molecule has 2 aromatic rings. The number of aromatic hydroxyl groups is 1. The summed E-state index contributed by atoms with van der Waals surface area (Å²) in [5.41, 5.74) is 1.62. The number of ether oxygens (including phenoxy) is 2. The molecule has 2 aromatic carbocycles. The quantitative estimate of drug-likeness (QED) is 0.867. The fourth-order valence-corrected chi connectivity index (χ4v) is 1.70. The Hall–Kier alpha value is -2.20. The molecule has 0 aliphatic heterocycles. The Kier molecular flexibility index (Phi) is 4.26. The van der Waals surface area contributed by atoms with Gasteiger partial charge in [0.05, 0.1) is 13.7 Å². The summed E-state index contributed by atoms with van der Waals surface area (Å²) in [5.74, 6) is 1.53. The third kappa shape index (κ3) is 3.39. The zero-order valence-electron chi connectivity index (χ0n) is 10.7. The maximum Gasteiger partial charge on any atom is 0.125 e. The molecule has 2 N–H and O–H groups in total. The highest BCUT2D eigenvalue weighted by Gasteiger charge is 2.05. The van der Waals surface area contributed by atoms with Crippen molar-refractivity contribution >= 4 is 0 Å². The first-order chi connectivity index (χ1) is 9.22. The van der Waals surface area contributed by atoms with E-state index in [4.69, 9.17) is 9.47 Å². The first kappa shape index (κ1) is 13.2. The Balaban J connectivity index is 2.08. The van der Waals surface area contributed by atoms with E-state index in [0.717, 1.165) is 5.56 Å². The molecule has 0 radical (unpaired) electrons. The highest BCUT2D eigenvalue weighted by molar-refractivity contribution is 5.40. The van der Waals surface area contributed by atoms with Gasteiger partial charge in [0.1, 0.15) is 23.9 Å². The van der Waals surface area contributed by atoms with Gasteiger partial charge in [-0.3, -0.25) is 0 Å². The fourth-order valence-electron chi connectivity index (χ4n) is 1.70. The number of phenolic OH excluding ortho intramolecular Hbond substituents is 1. The van der Waals surface area contributed by atoms with Crippen LogP contribution < -0.4 is 9.47 Å². The second-order valence-electron chi connectivity index (χ2n) is 4.09. The lowest BCUT2D eigenvalue weighted by Crippen LogP contribution is -1.99. The number of aliphatic hydroxyl groups excluding tert-OH is 1. The summed E-state index contributed by atoms with van der Waals surface area (Å²) < 4.78 is 10.7. The van der Waals surface area contributed by atoms with Gasteiger partial charge in [-0.25, -0.2) is 0 Å². The van der Waals surface area contributed by atoms with E-state index < -0.39 is 0 Å². The molecule has 0 atom stereocenters. The summed E-state index contributed by atoms with van der Waals surface area (Å²) in [7, 11) is 1.58. The van der Waals surface area contributed by atoms with Crippen molar-refractivity contribution in [3.8, 4) is 17.2 Å². The minimum Gasteiger partial charge on any atom is -0.508 e. The average molecular weight is 260 g/mol. The fraction of sp³-hybridized carbons (Fsp3) is 0.200. The topological polar surface area (TPSA) is 58.9 Å². The van der Waals surface area contributed by atoms with Crippen LogP contribution in [-0.2, 0) is 13.2 Å². The van der Waals surface area contributed by atoms with Crippen LogP contribution in [0.1, 0.15) is 11.1 Å². The van der Waals surface area contributed by atoms with Crippen LogP contribution >= 0.6 is 0 Å². The van der Waals surface area contributed by atoms with Gasteiger partial charge in [-0.15, -0.1) is 0 Å². The van der Waals surface area contributed by atoms with Gasteiger partial charge in [-0.1, -0.05) is 12.1 Å². The number of hydrogen-bond acceptors (Lipinski definition) is 4. The maximum atomic E-state index is 9.30. The molecule has 0 bridgehead atoms. The largest absolute Gasteiger partial charge is 0.508 e. The maximum absolute atomic E-state index is 9.30. The van der Waals surface area contributed by atoms with E-state index in [1.54, 1.807) is 49.6 Å². The Labute approximate surface area is 111 Å². The van der Waals surface area contributed by atoms with Crippen LogP contribution in [-0.4, -0.2) is 17.3 Å². The third-order valence-electron chi connectivity index (χ3n) is 2.77. The number of benzene rings is 2. The molecular weight excluding hydrogens is 244 g/mol. The molecule has 0 aliphatic rings. The van der Waals surface area contributed by atoms with E-state index in [2.05, 4.69) is 0 Å². The summed E-state index contributed by atoms with van der Waals surface area (Å²) in [6.07, 6.45) is 0. The molecule has 2 rings (SSSR count). The van der Waals surface area contributed by atoms with Crippen LogP contribution in [0, 0.1) is 0 Å². The Morgan fingerprint density at radius 3 is 2.42 bits per heavy atom. The number of hydrogen-bond donors (Lipinski definition) is 2. The van der Waals surface area contributed by atoms with E-state index in [9.17, 15) is 10.2 Å². The predicted molar refractivity (Wildman–Crippen MR) is 71.4 cm³/mol. The van der Waals surface area contributed by atoms with Crippen molar-refractivity contribution in [2.45, 2.75) is 13.2 Å². The number of aliphatic hydroxyl groups is 1. The molecule has 19 heavy (non-hydrogen) atoms. The summed E-state index contributed by atoms with van der Waals surface area (Å²) >= 11 is 0. The number of rotatable bonds is 5. The summed E-state index contributed by atoms with van der Waals surface area (Å²) in [6.45, 7) is 0.266. The molecule has 0 amide bonds. The molecular formula is C15H16O4. The molecule has 100 valence electrons. The second kappa shape index (κ2) is 6.11. The zero-order valence-corrected chi connectivity index (χ0v) is 10.7. The van der Waals surface area contributed by atoms with E-state index in [1.807, 2.05) is 0 Å². The van der Waals surface area contributed by atoms with Crippen molar-refractivity contribution in [2.75, 3.05) is 7.11 Å². The van der Waals surface area contributed by atoms with Gasteiger partial charge in [0.2, 0.25) is 0 Å². The van der Waals surface area contributed by atoms with Crippen LogP contribution in [0.25, 0.3) is 0 Å². The van der Waals surface area contributed by atoms with E-state index in [1.165, 1.54) is 0 Å². The van der Waals surface area contributed by atoms with Crippen LogP contribution in [0.5, 0.6) is 17.2 Å². The first-order valence-electron chi connectivity index (χ1n) is 5.91. The lowest BCUT2D eigenvalue weighted by molar-refractivity contribution is 0.258. The lowest BCUT2D eigenvalue weighted by Gasteiger charge is -2.11. The number of phenols is 1. The van der Waals surface area contributed by atoms with Gasteiger partial charge >= 0.3 is 0 Å². The summed E-state index contributed by atoms with van der Waals surface area (Å²) in [5, 5.41) is 18.5. The van der Waals surface area contributed by atoms with E-state index >= 15 is 0 Å². The number of methoxy groups -OCH3 is 1.